The molecule has 6 rings (SSSR count). The van der Waals surface area contributed by atoms with Gasteiger partial charge in [-0.25, -0.2) is 9.78 Å². The van der Waals surface area contributed by atoms with Crippen molar-refractivity contribution in [3.05, 3.63) is 76.3 Å². The molecule has 1 aliphatic carbocycles. The highest BCUT2D eigenvalue weighted by Crippen LogP contribution is 2.62. The highest BCUT2D eigenvalue weighted by molar-refractivity contribution is 5.84. The second-order valence-electron chi connectivity index (χ2n) is 13.9. The predicted molar refractivity (Wildman–Crippen MR) is 176 cm³/mol. The van der Waals surface area contributed by atoms with Crippen molar-refractivity contribution in [1.82, 2.24) is 9.88 Å². The lowest BCUT2D eigenvalue weighted by Crippen LogP contribution is -2.44. The number of benzene rings is 2. The van der Waals surface area contributed by atoms with Crippen LogP contribution in [0.3, 0.4) is 0 Å². The molecule has 0 N–H and O–H groups in total. The van der Waals surface area contributed by atoms with E-state index in [9.17, 15) is 9.59 Å². The first-order valence-electron chi connectivity index (χ1n) is 16.1. The molecule has 3 heterocycles. The molecule has 244 valence electrons. The Hall–Kier alpha value is -4.11. The number of carbonyl (C=O) groups excluding carboxylic acids is 2. The maximum absolute atomic E-state index is 12.8. The number of hydrogen-bond acceptors (Lipinski definition) is 8. The number of amides is 1. The quantitative estimate of drug-likeness (QED) is 0.271. The van der Waals surface area contributed by atoms with Crippen molar-refractivity contribution >= 4 is 17.9 Å². The number of hydrogen-bond donors (Lipinski definition) is 0. The SMILES string of the molecule is COC[C@H]1N(c2cccc(-c3cccc(C)c3OCc3cc(C)c4c(c3)CCN(C(=O)OC(C)(C)C)C4)n2)C[C@@H]2C[C@@]21C(=O)OC. The maximum Gasteiger partial charge on any atom is 0.410 e. The Morgan fingerprint density at radius 2 is 1.83 bits per heavy atom. The van der Waals surface area contributed by atoms with Gasteiger partial charge in [-0.05, 0) is 99.4 Å². The van der Waals surface area contributed by atoms with Gasteiger partial charge in [0, 0.05) is 32.3 Å². The number of ether oxygens (including phenoxy) is 4. The van der Waals surface area contributed by atoms with Crippen molar-refractivity contribution < 1.29 is 28.5 Å². The molecule has 1 saturated heterocycles. The fourth-order valence-corrected chi connectivity index (χ4v) is 7.30. The molecule has 0 radical (unpaired) electrons. The van der Waals surface area contributed by atoms with Gasteiger partial charge in [0.2, 0.25) is 0 Å². The second kappa shape index (κ2) is 12.2. The van der Waals surface area contributed by atoms with E-state index >= 15 is 0 Å². The largest absolute Gasteiger partial charge is 0.488 e. The van der Waals surface area contributed by atoms with Gasteiger partial charge in [-0.2, -0.15) is 0 Å². The van der Waals surface area contributed by atoms with E-state index < -0.39 is 11.0 Å². The number of aromatic nitrogens is 1. The molecule has 1 amide bonds. The summed E-state index contributed by atoms with van der Waals surface area (Å²) < 4.78 is 23.0. The first-order chi connectivity index (χ1) is 21.9. The van der Waals surface area contributed by atoms with Crippen LogP contribution >= 0.6 is 0 Å². The molecule has 3 aromatic rings. The van der Waals surface area contributed by atoms with Crippen LogP contribution in [0.5, 0.6) is 5.75 Å². The summed E-state index contributed by atoms with van der Waals surface area (Å²) in [6.07, 6.45) is 1.33. The summed E-state index contributed by atoms with van der Waals surface area (Å²) in [5, 5.41) is 0. The molecule has 2 fully saturated rings. The maximum atomic E-state index is 12.8. The first kappa shape index (κ1) is 31.9. The molecule has 0 unspecified atom stereocenters. The van der Waals surface area contributed by atoms with Gasteiger partial charge in [0.25, 0.3) is 0 Å². The summed E-state index contributed by atoms with van der Waals surface area (Å²) in [5.74, 6) is 1.69. The summed E-state index contributed by atoms with van der Waals surface area (Å²) in [6, 6.07) is 16.4. The van der Waals surface area contributed by atoms with E-state index in [1.54, 1.807) is 12.0 Å². The molecule has 9 heteroatoms. The number of carbonyl (C=O) groups is 2. The summed E-state index contributed by atoms with van der Waals surface area (Å²) in [7, 11) is 3.13. The van der Waals surface area contributed by atoms with Gasteiger partial charge in [0.15, 0.2) is 0 Å². The molecule has 46 heavy (non-hydrogen) atoms. The number of piperidine rings is 1. The first-order valence-corrected chi connectivity index (χ1v) is 16.1. The Labute approximate surface area is 271 Å². The zero-order valence-corrected chi connectivity index (χ0v) is 28.0. The Morgan fingerprint density at radius 1 is 1.04 bits per heavy atom. The van der Waals surface area contributed by atoms with E-state index in [-0.39, 0.29) is 24.0 Å². The molecule has 1 saturated carbocycles. The van der Waals surface area contributed by atoms with E-state index in [1.807, 2.05) is 51.1 Å². The van der Waals surface area contributed by atoms with Crippen molar-refractivity contribution in [3.63, 3.8) is 0 Å². The Morgan fingerprint density at radius 3 is 2.57 bits per heavy atom. The van der Waals surface area contributed by atoms with Crippen LogP contribution in [0.2, 0.25) is 0 Å². The molecule has 9 nitrogen and oxygen atoms in total. The average Bonchev–Trinajstić information content (AvgIpc) is 3.67. The lowest BCUT2D eigenvalue weighted by molar-refractivity contribution is -0.148. The van der Waals surface area contributed by atoms with E-state index in [4.69, 9.17) is 23.9 Å². The van der Waals surface area contributed by atoms with Crippen molar-refractivity contribution in [2.24, 2.45) is 11.3 Å². The number of esters is 1. The number of fused-ring (bicyclic) bond motifs is 2. The molecule has 0 bridgehead atoms. The Kier molecular flexibility index (Phi) is 8.48. The highest BCUT2D eigenvalue weighted by Gasteiger charge is 2.71. The predicted octanol–water partition coefficient (Wildman–Crippen LogP) is 6.25. The van der Waals surface area contributed by atoms with Crippen LogP contribution in [-0.4, -0.2) is 67.5 Å². The van der Waals surface area contributed by atoms with Gasteiger partial charge in [0.05, 0.1) is 30.9 Å². The molecule has 0 spiro atoms. The molecule has 3 atom stereocenters. The minimum Gasteiger partial charge on any atom is -0.488 e. The van der Waals surface area contributed by atoms with E-state index in [0.29, 0.717) is 26.3 Å². The average molecular weight is 628 g/mol. The highest BCUT2D eigenvalue weighted by atomic mass is 16.6. The fourth-order valence-electron chi connectivity index (χ4n) is 7.30. The van der Waals surface area contributed by atoms with Gasteiger partial charge in [-0.15, -0.1) is 0 Å². The number of anilines is 1. The number of pyridine rings is 1. The zero-order valence-electron chi connectivity index (χ0n) is 28.0. The normalized spacial score (nSPS) is 21.8. The van der Waals surface area contributed by atoms with Crippen LogP contribution in [0.1, 0.15) is 55.0 Å². The van der Waals surface area contributed by atoms with E-state index in [2.05, 4.69) is 36.9 Å². The summed E-state index contributed by atoms with van der Waals surface area (Å²) in [5.41, 5.74) is 6.36. The Bertz CT molecular complexity index is 1650. The fraction of sp³-hybridized carbons (Fsp3) is 0.486. The standard InChI is InChI=1S/C37H45N3O6/c1-23-10-8-11-28(30-12-9-13-32(38-30)40-19-27-18-37(27,34(41)44-7)31(40)22-43-6)33(23)45-21-25-16-24(2)29-20-39(15-14-26(29)17-25)35(42)46-36(3,4)5/h8-13,16-17,27,31H,14-15,18-22H2,1-7H3/t27-,31+,37+/m0/s1. The smallest absolute Gasteiger partial charge is 0.410 e. The monoisotopic (exact) mass is 627 g/mol. The molecular weight excluding hydrogens is 582 g/mol. The summed E-state index contributed by atoms with van der Waals surface area (Å²) >= 11 is 0. The van der Waals surface area contributed by atoms with Crippen LogP contribution in [0.25, 0.3) is 11.3 Å². The zero-order chi connectivity index (χ0) is 32.8. The molecule has 2 aliphatic heterocycles. The molecule has 3 aliphatic rings. The number of nitrogens with zero attached hydrogens (tertiary/aromatic N) is 3. The molecule has 1 aromatic heterocycles. The third kappa shape index (κ3) is 5.93. The molecular formula is C37H45N3O6. The van der Waals surface area contributed by atoms with Crippen molar-refractivity contribution in [1.29, 1.82) is 0 Å². The van der Waals surface area contributed by atoms with Gasteiger partial charge >= 0.3 is 12.1 Å². The van der Waals surface area contributed by atoms with Crippen molar-refractivity contribution in [3.8, 4) is 17.0 Å². The summed E-state index contributed by atoms with van der Waals surface area (Å²) in [4.78, 5) is 34.6. The second-order valence-corrected chi connectivity index (χ2v) is 13.9. The van der Waals surface area contributed by atoms with Crippen LogP contribution < -0.4 is 9.64 Å². The number of methoxy groups -OCH3 is 2. The number of aryl methyl sites for hydroxylation is 2. The van der Waals surface area contributed by atoms with Crippen molar-refractivity contribution in [2.75, 3.05) is 38.8 Å². The lowest BCUT2D eigenvalue weighted by Gasteiger charge is -2.32. The lowest BCUT2D eigenvalue weighted by atomic mass is 9.93. The van der Waals surface area contributed by atoms with Crippen LogP contribution in [0.4, 0.5) is 10.6 Å². The van der Waals surface area contributed by atoms with E-state index in [1.165, 1.54) is 18.2 Å². The third-order valence-corrected chi connectivity index (χ3v) is 9.61. The minimum absolute atomic E-state index is 0.130. The number of rotatable bonds is 8. The van der Waals surface area contributed by atoms with E-state index in [0.717, 1.165) is 58.9 Å². The molecule has 2 aromatic carbocycles. The third-order valence-electron chi connectivity index (χ3n) is 9.61. The van der Waals surface area contributed by atoms with Gasteiger partial charge in [0.1, 0.15) is 23.8 Å². The van der Waals surface area contributed by atoms with Gasteiger partial charge < -0.3 is 28.7 Å². The minimum atomic E-state index is -0.527. The Balaban J connectivity index is 1.21. The van der Waals surface area contributed by atoms with Gasteiger partial charge in [-0.1, -0.05) is 30.3 Å². The van der Waals surface area contributed by atoms with Gasteiger partial charge in [-0.3, -0.25) is 4.79 Å². The number of para-hydroxylation sites is 1. The van der Waals surface area contributed by atoms with Crippen LogP contribution in [-0.2, 0) is 38.6 Å². The van der Waals surface area contributed by atoms with Crippen molar-refractivity contribution in [2.45, 2.75) is 72.3 Å². The topological polar surface area (TPSA) is 90.4 Å². The van der Waals surface area contributed by atoms with Crippen LogP contribution in [0.15, 0.2) is 48.5 Å². The summed E-state index contributed by atoms with van der Waals surface area (Å²) in [6.45, 7) is 12.6. The van der Waals surface area contributed by atoms with Crippen LogP contribution in [0, 0.1) is 25.2 Å².